The summed E-state index contributed by atoms with van der Waals surface area (Å²) in [7, 11) is 3.18. The van der Waals surface area contributed by atoms with E-state index in [0.29, 0.717) is 18.0 Å². The van der Waals surface area contributed by atoms with E-state index in [1.165, 1.54) is 0 Å². The van der Waals surface area contributed by atoms with Gasteiger partial charge < -0.3 is 20.5 Å². The quantitative estimate of drug-likeness (QED) is 0.767. The molecule has 1 rings (SSSR count). The molecule has 1 amide bonds. The van der Waals surface area contributed by atoms with Gasteiger partial charge in [0, 0.05) is 17.6 Å². The molecule has 0 radical (unpaired) electrons. The summed E-state index contributed by atoms with van der Waals surface area (Å²) < 4.78 is 10.5. The first-order chi connectivity index (χ1) is 9.97. The standard InChI is InChI=1S/C16H26N2O3.ClH/c1-5-16(17,6-2)11-18-15(19)10-12-9-13(20-3)7-8-14(12)21-4;/h7-9H,5-6,10-11,17H2,1-4H3,(H,18,19);1H. The van der Waals surface area contributed by atoms with Gasteiger partial charge in [-0.1, -0.05) is 13.8 Å². The van der Waals surface area contributed by atoms with Crippen molar-refractivity contribution in [1.82, 2.24) is 5.32 Å². The van der Waals surface area contributed by atoms with E-state index in [9.17, 15) is 4.79 Å². The van der Waals surface area contributed by atoms with Crippen LogP contribution in [0.3, 0.4) is 0 Å². The molecule has 0 saturated heterocycles. The Kier molecular flexibility index (Phi) is 8.90. The maximum Gasteiger partial charge on any atom is 0.224 e. The van der Waals surface area contributed by atoms with Crippen LogP contribution in [0.5, 0.6) is 11.5 Å². The Labute approximate surface area is 139 Å². The summed E-state index contributed by atoms with van der Waals surface area (Å²) >= 11 is 0. The van der Waals surface area contributed by atoms with Gasteiger partial charge in [0.25, 0.3) is 0 Å². The number of ether oxygens (including phenoxy) is 2. The van der Waals surface area contributed by atoms with Crippen LogP contribution in [-0.4, -0.2) is 32.2 Å². The van der Waals surface area contributed by atoms with Crippen molar-refractivity contribution in [3.8, 4) is 11.5 Å². The van der Waals surface area contributed by atoms with Gasteiger partial charge in [0.2, 0.25) is 5.91 Å². The largest absolute Gasteiger partial charge is 0.497 e. The lowest BCUT2D eigenvalue weighted by molar-refractivity contribution is -0.120. The number of benzene rings is 1. The molecule has 6 heteroatoms. The van der Waals surface area contributed by atoms with E-state index in [2.05, 4.69) is 5.32 Å². The number of carbonyl (C=O) groups is 1. The number of hydrogen-bond acceptors (Lipinski definition) is 4. The van der Waals surface area contributed by atoms with Crippen LogP contribution in [0, 0.1) is 0 Å². The van der Waals surface area contributed by atoms with Gasteiger partial charge in [-0.2, -0.15) is 0 Å². The summed E-state index contributed by atoms with van der Waals surface area (Å²) in [5.41, 5.74) is 6.64. The van der Waals surface area contributed by atoms with Crippen molar-refractivity contribution in [2.45, 2.75) is 38.6 Å². The van der Waals surface area contributed by atoms with Crippen molar-refractivity contribution in [3.05, 3.63) is 23.8 Å². The number of carbonyl (C=O) groups excluding carboxylic acids is 1. The molecule has 1 aromatic rings. The van der Waals surface area contributed by atoms with Crippen LogP contribution < -0.4 is 20.5 Å². The van der Waals surface area contributed by atoms with Gasteiger partial charge in [-0.3, -0.25) is 4.79 Å². The van der Waals surface area contributed by atoms with Crippen LogP contribution >= 0.6 is 12.4 Å². The summed E-state index contributed by atoms with van der Waals surface area (Å²) in [6.07, 6.45) is 1.89. The fourth-order valence-electron chi connectivity index (χ4n) is 2.03. The Morgan fingerprint density at radius 2 is 1.86 bits per heavy atom. The minimum Gasteiger partial charge on any atom is -0.497 e. The van der Waals surface area contributed by atoms with Gasteiger partial charge in [0.1, 0.15) is 11.5 Å². The topological polar surface area (TPSA) is 73.6 Å². The number of hydrogen-bond donors (Lipinski definition) is 2. The SMILES string of the molecule is CCC(N)(CC)CNC(=O)Cc1cc(OC)ccc1OC.Cl. The molecular formula is C16H27ClN2O3. The highest BCUT2D eigenvalue weighted by Gasteiger charge is 2.21. The average molecular weight is 331 g/mol. The van der Waals surface area contributed by atoms with Crippen molar-refractivity contribution in [3.63, 3.8) is 0 Å². The van der Waals surface area contributed by atoms with Crippen molar-refractivity contribution in [2.24, 2.45) is 5.73 Å². The Balaban J connectivity index is 0.00000441. The molecule has 5 nitrogen and oxygen atoms in total. The fourth-order valence-corrected chi connectivity index (χ4v) is 2.03. The lowest BCUT2D eigenvalue weighted by atomic mass is 9.94. The van der Waals surface area contributed by atoms with Crippen molar-refractivity contribution in [2.75, 3.05) is 20.8 Å². The van der Waals surface area contributed by atoms with Crippen molar-refractivity contribution >= 4 is 18.3 Å². The first-order valence-corrected chi connectivity index (χ1v) is 7.24. The van der Waals surface area contributed by atoms with Gasteiger partial charge in [0.15, 0.2) is 0 Å². The molecule has 0 unspecified atom stereocenters. The molecule has 0 aliphatic heterocycles. The molecular weight excluding hydrogens is 304 g/mol. The van der Waals surface area contributed by atoms with Gasteiger partial charge in [-0.05, 0) is 31.0 Å². The van der Waals surface area contributed by atoms with Crippen LogP contribution in [0.4, 0.5) is 0 Å². The van der Waals surface area contributed by atoms with Crippen LogP contribution in [0.15, 0.2) is 18.2 Å². The van der Waals surface area contributed by atoms with E-state index in [-0.39, 0.29) is 30.3 Å². The highest BCUT2D eigenvalue weighted by atomic mass is 35.5. The molecule has 0 aliphatic carbocycles. The van der Waals surface area contributed by atoms with Crippen LogP contribution in [0.2, 0.25) is 0 Å². The summed E-state index contributed by atoms with van der Waals surface area (Å²) in [5.74, 6) is 1.31. The van der Waals surface area contributed by atoms with Gasteiger partial charge in [-0.25, -0.2) is 0 Å². The molecule has 0 atom stereocenters. The Bertz CT molecular complexity index is 476. The lowest BCUT2D eigenvalue weighted by Crippen LogP contribution is -2.49. The second-order valence-electron chi connectivity index (χ2n) is 5.20. The second kappa shape index (κ2) is 9.54. The third kappa shape index (κ3) is 5.73. The zero-order chi connectivity index (χ0) is 15.9. The van der Waals surface area contributed by atoms with Gasteiger partial charge in [-0.15, -0.1) is 12.4 Å². The lowest BCUT2D eigenvalue weighted by Gasteiger charge is -2.26. The molecule has 0 spiro atoms. The van der Waals surface area contributed by atoms with E-state index in [4.69, 9.17) is 15.2 Å². The van der Waals surface area contributed by atoms with E-state index in [1.54, 1.807) is 26.4 Å². The second-order valence-corrected chi connectivity index (χ2v) is 5.20. The maximum atomic E-state index is 12.1. The average Bonchev–Trinajstić information content (AvgIpc) is 2.52. The minimum absolute atomic E-state index is 0. The number of nitrogens with one attached hydrogen (secondary N) is 1. The zero-order valence-corrected chi connectivity index (χ0v) is 14.6. The first-order valence-electron chi connectivity index (χ1n) is 7.24. The molecule has 0 fully saturated rings. The van der Waals surface area contributed by atoms with Crippen molar-refractivity contribution in [1.29, 1.82) is 0 Å². The third-order valence-electron chi connectivity index (χ3n) is 3.88. The van der Waals surface area contributed by atoms with E-state index < -0.39 is 0 Å². The Hall–Kier alpha value is -1.46. The smallest absolute Gasteiger partial charge is 0.224 e. The molecule has 0 bridgehead atoms. The van der Waals surface area contributed by atoms with E-state index in [0.717, 1.165) is 18.4 Å². The maximum absolute atomic E-state index is 12.1. The molecule has 1 aromatic carbocycles. The summed E-state index contributed by atoms with van der Waals surface area (Å²) in [5, 5.41) is 2.90. The van der Waals surface area contributed by atoms with Gasteiger partial charge in [0.05, 0.1) is 20.6 Å². The summed E-state index contributed by atoms with van der Waals surface area (Å²) in [4.78, 5) is 12.1. The van der Waals surface area contributed by atoms with E-state index in [1.807, 2.05) is 19.9 Å². The predicted octanol–water partition coefficient (Wildman–Crippen LogP) is 2.30. The number of halogens is 1. The first kappa shape index (κ1) is 20.5. The molecule has 3 N–H and O–H groups in total. The molecule has 22 heavy (non-hydrogen) atoms. The molecule has 126 valence electrons. The molecule has 0 aliphatic rings. The normalized spacial score (nSPS) is 10.6. The highest BCUT2D eigenvalue weighted by molar-refractivity contribution is 5.85. The number of rotatable bonds is 8. The summed E-state index contributed by atoms with van der Waals surface area (Å²) in [6, 6.07) is 5.42. The number of methoxy groups -OCH3 is 2. The predicted molar refractivity (Wildman–Crippen MR) is 91.0 cm³/mol. The minimum atomic E-state index is -0.339. The fraction of sp³-hybridized carbons (Fsp3) is 0.562. The molecule has 0 saturated carbocycles. The Morgan fingerprint density at radius 1 is 1.23 bits per heavy atom. The monoisotopic (exact) mass is 330 g/mol. The van der Waals surface area contributed by atoms with Crippen LogP contribution in [0.1, 0.15) is 32.3 Å². The Morgan fingerprint density at radius 3 is 2.36 bits per heavy atom. The van der Waals surface area contributed by atoms with E-state index >= 15 is 0 Å². The zero-order valence-electron chi connectivity index (χ0n) is 13.8. The number of amides is 1. The van der Waals surface area contributed by atoms with Gasteiger partial charge >= 0.3 is 0 Å². The molecule has 0 aromatic heterocycles. The molecule has 0 heterocycles. The van der Waals surface area contributed by atoms with Crippen molar-refractivity contribution < 1.29 is 14.3 Å². The van der Waals surface area contributed by atoms with Crippen LogP contribution in [0.25, 0.3) is 0 Å². The number of nitrogens with two attached hydrogens (primary N) is 1. The third-order valence-corrected chi connectivity index (χ3v) is 3.88. The summed E-state index contributed by atoms with van der Waals surface area (Å²) in [6.45, 7) is 4.53. The highest BCUT2D eigenvalue weighted by Crippen LogP contribution is 2.24. The van der Waals surface area contributed by atoms with Crippen LogP contribution in [-0.2, 0) is 11.2 Å².